The van der Waals surface area contributed by atoms with Gasteiger partial charge in [-0.25, -0.2) is 0 Å². The van der Waals surface area contributed by atoms with Crippen LogP contribution in [0.1, 0.15) is 6.92 Å². The topological polar surface area (TPSA) is 50.4 Å². The van der Waals surface area contributed by atoms with Crippen molar-refractivity contribution < 1.29 is 9.53 Å². The van der Waals surface area contributed by atoms with Gasteiger partial charge in [-0.3, -0.25) is 4.79 Å². The maximum absolute atomic E-state index is 12.1. The molecule has 0 aromatic heterocycles. The molecule has 1 atom stereocenters. The van der Waals surface area contributed by atoms with Gasteiger partial charge in [0, 0.05) is 21.9 Å². The van der Waals surface area contributed by atoms with E-state index in [9.17, 15) is 4.79 Å². The van der Waals surface area contributed by atoms with Crippen molar-refractivity contribution >= 4 is 33.2 Å². The Morgan fingerprint density at radius 2 is 1.86 bits per heavy atom. The van der Waals surface area contributed by atoms with Gasteiger partial charge in [0.25, 0.3) is 0 Å². The predicted molar refractivity (Wildman–Crippen MR) is 88.9 cm³/mol. The number of carbonyl (C=O) groups excluding carboxylic acids is 1. The van der Waals surface area contributed by atoms with Gasteiger partial charge in [0.2, 0.25) is 5.91 Å². The van der Waals surface area contributed by atoms with Crippen LogP contribution >= 0.6 is 15.9 Å². The standard InChI is InChI=1S/C16H17BrN2O2/c1-11(18-14-4-3-5-15(10-14)21-2)16(20)19-13-8-6-12(17)7-9-13/h3-11,18H,1-2H3,(H,19,20)/t11-/m0/s1. The molecule has 0 saturated carbocycles. The molecule has 0 aliphatic heterocycles. The average molecular weight is 349 g/mol. The predicted octanol–water partition coefficient (Wildman–Crippen LogP) is 3.90. The van der Waals surface area contributed by atoms with E-state index in [0.29, 0.717) is 0 Å². The van der Waals surface area contributed by atoms with Crippen LogP contribution < -0.4 is 15.4 Å². The van der Waals surface area contributed by atoms with Crippen molar-refractivity contribution in [1.29, 1.82) is 0 Å². The highest BCUT2D eigenvalue weighted by Gasteiger charge is 2.13. The molecule has 0 heterocycles. The van der Waals surface area contributed by atoms with Crippen molar-refractivity contribution in [3.63, 3.8) is 0 Å². The number of methoxy groups -OCH3 is 1. The van der Waals surface area contributed by atoms with Crippen molar-refractivity contribution in [2.24, 2.45) is 0 Å². The number of anilines is 2. The van der Waals surface area contributed by atoms with E-state index in [0.717, 1.165) is 21.6 Å². The first kappa shape index (κ1) is 15.4. The zero-order valence-corrected chi connectivity index (χ0v) is 13.5. The fraction of sp³-hybridized carbons (Fsp3) is 0.188. The van der Waals surface area contributed by atoms with Crippen molar-refractivity contribution in [1.82, 2.24) is 0 Å². The molecule has 2 aromatic rings. The van der Waals surface area contributed by atoms with Gasteiger partial charge in [0.15, 0.2) is 0 Å². The quantitative estimate of drug-likeness (QED) is 0.861. The second kappa shape index (κ2) is 7.13. The third-order valence-corrected chi connectivity index (χ3v) is 3.49. The molecule has 0 spiro atoms. The Balaban J connectivity index is 1.97. The molecular weight excluding hydrogens is 332 g/mol. The Morgan fingerprint density at radius 1 is 1.14 bits per heavy atom. The minimum atomic E-state index is -0.360. The fourth-order valence-electron chi connectivity index (χ4n) is 1.81. The summed E-state index contributed by atoms with van der Waals surface area (Å²) in [6, 6.07) is 14.6. The first-order valence-electron chi connectivity index (χ1n) is 6.55. The van der Waals surface area contributed by atoms with E-state index < -0.39 is 0 Å². The van der Waals surface area contributed by atoms with E-state index in [1.54, 1.807) is 7.11 Å². The van der Waals surface area contributed by atoms with Gasteiger partial charge >= 0.3 is 0 Å². The third kappa shape index (κ3) is 4.49. The maximum Gasteiger partial charge on any atom is 0.246 e. The normalized spacial score (nSPS) is 11.6. The molecule has 0 saturated heterocycles. The molecule has 0 unspecified atom stereocenters. The summed E-state index contributed by atoms with van der Waals surface area (Å²) in [7, 11) is 1.61. The molecular formula is C16H17BrN2O2. The monoisotopic (exact) mass is 348 g/mol. The average Bonchev–Trinajstić information content (AvgIpc) is 2.49. The van der Waals surface area contributed by atoms with Crippen LogP contribution in [0.3, 0.4) is 0 Å². The maximum atomic E-state index is 12.1. The summed E-state index contributed by atoms with van der Waals surface area (Å²) in [6.45, 7) is 1.81. The number of carbonyl (C=O) groups is 1. The largest absolute Gasteiger partial charge is 0.497 e. The van der Waals surface area contributed by atoms with Crippen LogP contribution in [0.2, 0.25) is 0 Å². The van der Waals surface area contributed by atoms with Gasteiger partial charge in [0.05, 0.1) is 7.11 Å². The minimum Gasteiger partial charge on any atom is -0.497 e. The first-order valence-corrected chi connectivity index (χ1v) is 7.35. The zero-order chi connectivity index (χ0) is 15.2. The summed E-state index contributed by atoms with van der Waals surface area (Å²) < 4.78 is 6.13. The summed E-state index contributed by atoms with van der Waals surface area (Å²) in [6.07, 6.45) is 0. The smallest absolute Gasteiger partial charge is 0.246 e. The molecule has 2 N–H and O–H groups in total. The summed E-state index contributed by atoms with van der Waals surface area (Å²) in [5.74, 6) is 0.653. The molecule has 0 radical (unpaired) electrons. The highest BCUT2D eigenvalue weighted by Crippen LogP contribution is 2.18. The lowest BCUT2D eigenvalue weighted by molar-refractivity contribution is -0.116. The second-order valence-electron chi connectivity index (χ2n) is 4.59. The molecule has 5 heteroatoms. The molecule has 2 rings (SSSR count). The Kier molecular flexibility index (Phi) is 5.22. The summed E-state index contributed by atoms with van der Waals surface area (Å²) in [5.41, 5.74) is 1.61. The minimum absolute atomic E-state index is 0.0971. The first-order chi connectivity index (χ1) is 10.1. The summed E-state index contributed by atoms with van der Waals surface area (Å²) in [4.78, 5) is 12.1. The van der Waals surface area contributed by atoms with Crippen LogP contribution in [-0.2, 0) is 4.79 Å². The van der Waals surface area contributed by atoms with Crippen molar-refractivity contribution in [3.05, 3.63) is 53.0 Å². The number of halogens is 1. The highest BCUT2D eigenvalue weighted by atomic mass is 79.9. The number of rotatable bonds is 5. The Bertz CT molecular complexity index is 614. The zero-order valence-electron chi connectivity index (χ0n) is 11.9. The van der Waals surface area contributed by atoms with E-state index in [2.05, 4.69) is 26.6 Å². The van der Waals surface area contributed by atoms with Gasteiger partial charge in [-0.15, -0.1) is 0 Å². The molecule has 110 valence electrons. The molecule has 0 bridgehead atoms. The Labute approximate surface area is 132 Å². The van der Waals surface area contributed by atoms with Gasteiger partial charge in [-0.05, 0) is 43.3 Å². The lowest BCUT2D eigenvalue weighted by Gasteiger charge is -2.16. The number of hydrogen-bond donors (Lipinski definition) is 2. The van der Waals surface area contributed by atoms with Crippen LogP contribution in [0.25, 0.3) is 0 Å². The molecule has 21 heavy (non-hydrogen) atoms. The van der Waals surface area contributed by atoms with Gasteiger partial charge in [-0.1, -0.05) is 22.0 Å². The van der Waals surface area contributed by atoms with Gasteiger partial charge < -0.3 is 15.4 Å². The Morgan fingerprint density at radius 3 is 2.52 bits per heavy atom. The van der Waals surface area contributed by atoms with Crippen molar-refractivity contribution in [2.45, 2.75) is 13.0 Å². The molecule has 0 aliphatic rings. The molecule has 2 aromatic carbocycles. The van der Waals surface area contributed by atoms with Gasteiger partial charge in [-0.2, -0.15) is 0 Å². The third-order valence-electron chi connectivity index (χ3n) is 2.96. The number of hydrogen-bond acceptors (Lipinski definition) is 3. The van der Waals surface area contributed by atoms with Crippen LogP contribution in [0, 0.1) is 0 Å². The molecule has 4 nitrogen and oxygen atoms in total. The Hall–Kier alpha value is -2.01. The number of ether oxygens (including phenoxy) is 1. The van der Waals surface area contributed by atoms with Crippen LogP contribution in [-0.4, -0.2) is 19.1 Å². The lowest BCUT2D eigenvalue weighted by atomic mass is 10.2. The van der Waals surface area contributed by atoms with Crippen LogP contribution in [0.4, 0.5) is 11.4 Å². The molecule has 0 fully saturated rings. The number of amides is 1. The molecule has 1 amide bonds. The number of nitrogens with one attached hydrogen (secondary N) is 2. The van der Waals surface area contributed by atoms with E-state index in [4.69, 9.17) is 4.74 Å². The van der Waals surface area contributed by atoms with E-state index in [1.807, 2.05) is 55.5 Å². The molecule has 0 aliphatic carbocycles. The second-order valence-corrected chi connectivity index (χ2v) is 5.51. The number of benzene rings is 2. The van der Waals surface area contributed by atoms with E-state index in [-0.39, 0.29) is 11.9 Å². The lowest BCUT2D eigenvalue weighted by Crippen LogP contribution is -2.31. The van der Waals surface area contributed by atoms with Gasteiger partial charge in [0.1, 0.15) is 11.8 Å². The van der Waals surface area contributed by atoms with E-state index in [1.165, 1.54) is 0 Å². The van der Waals surface area contributed by atoms with Crippen LogP contribution in [0.15, 0.2) is 53.0 Å². The summed E-state index contributed by atoms with van der Waals surface area (Å²) in [5, 5.41) is 6.01. The van der Waals surface area contributed by atoms with E-state index >= 15 is 0 Å². The fourth-order valence-corrected chi connectivity index (χ4v) is 2.08. The van der Waals surface area contributed by atoms with Crippen molar-refractivity contribution in [2.75, 3.05) is 17.7 Å². The summed E-state index contributed by atoms with van der Waals surface area (Å²) >= 11 is 3.36. The van der Waals surface area contributed by atoms with Crippen molar-refractivity contribution in [3.8, 4) is 5.75 Å². The van der Waals surface area contributed by atoms with Crippen LogP contribution in [0.5, 0.6) is 5.75 Å². The SMILES string of the molecule is COc1cccc(N[C@@H](C)C(=O)Nc2ccc(Br)cc2)c1. The highest BCUT2D eigenvalue weighted by molar-refractivity contribution is 9.10.